The Balaban J connectivity index is 1.85. The van der Waals surface area contributed by atoms with Crippen LogP contribution in [0.2, 0.25) is 0 Å². The fourth-order valence-electron chi connectivity index (χ4n) is 3.69. The van der Waals surface area contributed by atoms with E-state index in [0.717, 1.165) is 5.69 Å². The fourth-order valence-corrected chi connectivity index (χ4v) is 3.69. The summed E-state index contributed by atoms with van der Waals surface area (Å²) in [6.07, 6.45) is 4.98. The number of hydrogen-bond acceptors (Lipinski definition) is 7. The predicted octanol–water partition coefficient (Wildman–Crippen LogP) is 2.52. The van der Waals surface area contributed by atoms with Crippen LogP contribution in [0.1, 0.15) is 42.4 Å². The molecular formula is C22H21N5O2. The molecule has 1 aliphatic heterocycles. The maximum absolute atomic E-state index is 12.0. The lowest BCUT2D eigenvalue weighted by atomic mass is 9.74. The van der Waals surface area contributed by atoms with Gasteiger partial charge in [-0.2, -0.15) is 5.26 Å². The zero-order chi connectivity index (χ0) is 20.5. The maximum atomic E-state index is 12.0. The Morgan fingerprint density at radius 2 is 1.86 bits per heavy atom. The van der Waals surface area contributed by atoms with Gasteiger partial charge in [0.15, 0.2) is 5.72 Å². The van der Waals surface area contributed by atoms with Gasteiger partial charge in [-0.3, -0.25) is 10.3 Å². The van der Waals surface area contributed by atoms with Crippen molar-refractivity contribution in [1.29, 1.82) is 5.26 Å². The van der Waals surface area contributed by atoms with Gasteiger partial charge >= 0.3 is 0 Å². The molecule has 29 heavy (non-hydrogen) atoms. The molecule has 7 nitrogen and oxygen atoms in total. The van der Waals surface area contributed by atoms with Gasteiger partial charge in [0.1, 0.15) is 17.2 Å². The number of benzene rings is 1. The van der Waals surface area contributed by atoms with Crippen molar-refractivity contribution in [2.45, 2.75) is 37.6 Å². The Labute approximate surface area is 169 Å². The molecule has 3 heterocycles. The highest BCUT2D eigenvalue weighted by Crippen LogP contribution is 2.48. The number of pyridine rings is 1. The van der Waals surface area contributed by atoms with Crippen LogP contribution in [0.25, 0.3) is 0 Å². The van der Waals surface area contributed by atoms with Crippen LogP contribution in [0, 0.1) is 11.3 Å². The van der Waals surface area contributed by atoms with E-state index in [2.05, 4.69) is 26.3 Å². The van der Waals surface area contributed by atoms with Crippen LogP contribution < -0.4 is 10.1 Å². The summed E-state index contributed by atoms with van der Waals surface area (Å²) < 4.78 is 6.18. The zero-order valence-electron chi connectivity index (χ0n) is 16.2. The monoisotopic (exact) mass is 387 g/mol. The molecule has 0 amide bonds. The molecular weight excluding hydrogens is 366 g/mol. The van der Waals surface area contributed by atoms with Gasteiger partial charge in [0.25, 0.3) is 0 Å². The van der Waals surface area contributed by atoms with Gasteiger partial charge in [-0.25, -0.2) is 9.97 Å². The molecule has 3 aromatic rings. The molecule has 4 rings (SSSR count). The number of rotatable bonds is 4. The molecule has 146 valence electrons. The minimum atomic E-state index is -1.56. The predicted molar refractivity (Wildman–Crippen MR) is 106 cm³/mol. The third-order valence-corrected chi connectivity index (χ3v) is 5.26. The highest BCUT2D eigenvalue weighted by Gasteiger charge is 2.57. The lowest BCUT2D eigenvalue weighted by molar-refractivity contribution is -0.161. The fraction of sp³-hybridized carbons (Fsp3) is 0.273. The molecule has 0 aliphatic carbocycles. The van der Waals surface area contributed by atoms with Gasteiger partial charge in [-0.15, -0.1) is 0 Å². The van der Waals surface area contributed by atoms with Crippen LogP contribution in [-0.2, 0) is 6.54 Å². The van der Waals surface area contributed by atoms with Crippen LogP contribution >= 0.6 is 0 Å². The largest absolute Gasteiger partial charge is 0.483 e. The third kappa shape index (κ3) is 3.33. The summed E-state index contributed by atoms with van der Waals surface area (Å²) in [5.41, 5.74) is -0.675. The van der Waals surface area contributed by atoms with Crippen LogP contribution in [0.4, 0.5) is 0 Å². The molecule has 2 N–H and O–H groups in total. The first-order valence-corrected chi connectivity index (χ1v) is 9.32. The van der Waals surface area contributed by atoms with Crippen molar-refractivity contribution in [1.82, 2.24) is 20.3 Å². The number of aliphatic hydroxyl groups is 1. The van der Waals surface area contributed by atoms with Gasteiger partial charge in [0.2, 0.25) is 0 Å². The van der Waals surface area contributed by atoms with Crippen LogP contribution in [0.3, 0.4) is 0 Å². The average molecular weight is 387 g/mol. The van der Waals surface area contributed by atoms with E-state index >= 15 is 0 Å². The van der Waals surface area contributed by atoms with E-state index in [1.807, 2.05) is 32.0 Å². The first kappa shape index (κ1) is 19.0. The van der Waals surface area contributed by atoms with Crippen molar-refractivity contribution in [3.63, 3.8) is 0 Å². The number of nitrogens with zero attached hydrogens (tertiary/aromatic N) is 4. The second-order valence-electron chi connectivity index (χ2n) is 7.46. The van der Waals surface area contributed by atoms with E-state index in [1.165, 1.54) is 0 Å². The highest BCUT2D eigenvalue weighted by molar-refractivity contribution is 5.50. The van der Waals surface area contributed by atoms with Gasteiger partial charge in [0.05, 0.1) is 23.2 Å². The van der Waals surface area contributed by atoms with Gasteiger partial charge in [0, 0.05) is 30.7 Å². The molecule has 0 radical (unpaired) electrons. The quantitative estimate of drug-likeness (QED) is 0.663. The third-order valence-electron chi connectivity index (χ3n) is 5.26. The molecule has 0 fully saturated rings. The SMILES string of the molecule is CC1(C)Oc2ccc(C#N)cc2[C@H](c2ncccn2)[C@]1(O)NCc1ccccn1. The van der Waals surface area contributed by atoms with Crippen LogP contribution in [0.5, 0.6) is 5.75 Å². The van der Waals surface area contributed by atoms with E-state index in [-0.39, 0.29) is 0 Å². The number of fused-ring (bicyclic) bond motifs is 1. The smallest absolute Gasteiger partial charge is 0.170 e. The summed E-state index contributed by atoms with van der Waals surface area (Å²) in [6.45, 7) is 3.95. The Bertz CT molecular complexity index is 1050. The van der Waals surface area contributed by atoms with Crippen molar-refractivity contribution in [3.05, 3.63) is 83.7 Å². The normalized spacial score (nSPS) is 22.2. The van der Waals surface area contributed by atoms with Gasteiger partial charge < -0.3 is 9.84 Å². The van der Waals surface area contributed by atoms with Crippen LogP contribution in [-0.4, -0.2) is 31.4 Å². The Morgan fingerprint density at radius 3 is 2.55 bits per heavy atom. The number of nitrogens with one attached hydrogen (secondary N) is 1. The van der Waals surface area contributed by atoms with Crippen LogP contribution in [0.15, 0.2) is 61.1 Å². The number of aromatic nitrogens is 3. The molecule has 0 spiro atoms. The van der Waals surface area contributed by atoms with Gasteiger partial charge in [-0.1, -0.05) is 6.07 Å². The molecule has 7 heteroatoms. The first-order chi connectivity index (χ1) is 13.9. The van der Waals surface area contributed by atoms with E-state index in [4.69, 9.17) is 4.74 Å². The van der Waals surface area contributed by atoms with E-state index in [1.54, 1.807) is 42.9 Å². The van der Waals surface area contributed by atoms with Crippen molar-refractivity contribution >= 4 is 0 Å². The molecule has 0 saturated heterocycles. The van der Waals surface area contributed by atoms with Crippen molar-refractivity contribution < 1.29 is 9.84 Å². The minimum absolute atomic E-state index is 0.320. The summed E-state index contributed by atoms with van der Waals surface area (Å²) in [5.74, 6) is 0.381. The highest BCUT2D eigenvalue weighted by atomic mass is 16.5. The van der Waals surface area contributed by atoms with Crippen molar-refractivity contribution in [2.24, 2.45) is 0 Å². The average Bonchev–Trinajstić information content (AvgIpc) is 2.74. The summed E-state index contributed by atoms with van der Waals surface area (Å²) >= 11 is 0. The minimum Gasteiger partial charge on any atom is -0.483 e. The van der Waals surface area contributed by atoms with Gasteiger partial charge in [-0.05, 0) is 50.2 Å². The number of ether oxygens (including phenoxy) is 1. The summed E-state index contributed by atoms with van der Waals surface area (Å²) in [7, 11) is 0. The maximum Gasteiger partial charge on any atom is 0.170 e. The zero-order valence-corrected chi connectivity index (χ0v) is 16.2. The molecule has 1 aromatic carbocycles. The topological polar surface area (TPSA) is 104 Å². The molecule has 2 atom stereocenters. The molecule has 0 unspecified atom stereocenters. The summed E-state index contributed by atoms with van der Waals surface area (Å²) in [6, 6.07) is 14.7. The Morgan fingerprint density at radius 1 is 1.10 bits per heavy atom. The van der Waals surface area contributed by atoms with E-state index < -0.39 is 17.2 Å². The molecule has 2 aromatic heterocycles. The Hall–Kier alpha value is -3.34. The lowest BCUT2D eigenvalue weighted by Gasteiger charge is -2.51. The van der Waals surface area contributed by atoms with Crippen molar-refractivity contribution in [3.8, 4) is 11.8 Å². The molecule has 0 bridgehead atoms. The second-order valence-corrected chi connectivity index (χ2v) is 7.46. The number of nitriles is 1. The van der Waals surface area contributed by atoms with Crippen molar-refractivity contribution in [2.75, 3.05) is 0 Å². The standard InChI is InChI=1S/C22H21N5O2/c1-21(2)22(28,27-14-16-6-3-4-9-24-16)19(20-25-10-5-11-26-20)17-12-15(13-23)7-8-18(17)29-21/h3-12,19,27-28H,14H2,1-2H3/t19-,22-/m1/s1. The van der Waals surface area contributed by atoms with E-state index in [0.29, 0.717) is 29.2 Å². The summed E-state index contributed by atoms with van der Waals surface area (Å²) in [5, 5.41) is 24.6. The molecule has 1 aliphatic rings. The molecule has 0 saturated carbocycles. The summed E-state index contributed by atoms with van der Waals surface area (Å²) in [4.78, 5) is 13.1. The number of hydrogen-bond donors (Lipinski definition) is 2. The Kier molecular flexibility index (Phi) is 4.74. The second kappa shape index (κ2) is 7.24. The van der Waals surface area contributed by atoms with E-state index in [9.17, 15) is 10.4 Å². The lowest BCUT2D eigenvalue weighted by Crippen LogP contribution is -2.68. The first-order valence-electron chi connectivity index (χ1n) is 9.32.